The molecule has 0 radical (unpaired) electrons. The number of ether oxygens (including phenoxy) is 1. The molecule has 0 bridgehead atoms. The predicted octanol–water partition coefficient (Wildman–Crippen LogP) is 4.96. The average molecular weight is 361 g/mol. The van der Waals surface area contributed by atoms with Crippen molar-refractivity contribution in [2.75, 3.05) is 23.9 Å². The van der Waals surface area contributed by atoms with Crippen molar-refractivity contribution in [2.45, 2.75) is 45.6 Å². The maximum Gasteiger partial charge on any atom is 0.142 e. The average Bonchev–Trinajstić information content (AvgIpc) is 2.61. The van der Waals surface area contributed by atoms with Gasteiger partial charge in [-0.05, 0) is 50.8 Å². The third kappa shape index (κ3) is 4.15. The van der Waals surface area contributed by atoms with E-state index in [-0.39, 0.29) is 0 Å². The summed E-state index contributed by atoms with van der Waals surface area (Å²) in [6.07, 6.45) is 4.87. The number of aromatic nitrogens is 2. The third-order valence-electron chi connectivity index (χ3n) is 4.64. The zero-order chi connectivity index (χ0) is 17.8. The molecule has 2 heterocycles. The van der Waals surface area contributed by atoms with Crippen LogP contribution in [0.5, 0.6) is 5.75 Å². The largest absolute Gasteiger partial charge is 0.495 e. The minimum atomic E-state index is 0.552. The highest BCUT2D eigenvalue weighted by Gasteiger charge is 2.23. The van der Waals surface area contributed by atoms with Gasteiger partial charge in [-0.25, -0.2) is 9.97 Å². The number of nitrogens with one attached hydrogen (secondary N) is 1. The molecular formula is C19H25ClN4O. The molecule has 0 spiro atoms. The molecule has 5 nitrogen and oxygen atoms in total. The molecule has 0 saturated carbocycles. The molecule has 25 heavy (non-hydrogen) atoms. The van der Waals surface area contributed by atoms with Crippen LogP contribution in [0.1, 0.15) is 38.4 Å². The first kappa shape index (κ1) is 17.8. The van der Waals surface area contributed by atoms with E-state index in [4.69, 9.17) is 16.3 Å². The highest BCUT2D eigenvalue weighted by molar-refractivity contribution is 6.31. The Hall–Kier alpha value is -2.01. The van der Waals surface area contributed by atoms with Gasteiger partial charge in [0.25, 0.3) is 0 Å². The van der Waals surface area contributed by atoms with E-state index in [9.17, 15) is 0 Å². The van der Waals surface area contributed by atoms with Crippen molar-refractivity contribution < 1.29 is 4.74 Å². The summed E-state index contributed by atoms with van der Waals surface area (Å²) in [5.41, 5.74) is 0.796. The second kappa shape index (κ2) is 7.91. The third-order valence-corrected chi connectivity index (χ3v) is 4.88. The van der Waals surface area contributed by atoms with Crippen molar-refractivity contribution in [1.82, 2.24) is 9.97 Å². The number of rotatable bonds is 5. The summed E-state index contributed by atoms with van der Waals surface area (Å²) < 4.78 is 5.41. The van der Waals surface area contributed by atoms with Crippen LogP contribution < -0.4 is 15.0 Å². The van der Waals surface area contributed by atoms with E-state index in [1.807, 2.05) is 31.2 Å². The molecule has 2 aromatic rings. The lowest BCUT2D eigenvalue weighted by Gasteiger charge is -2.36. The lowest BCUT2D eigenvalue weighted by molar-refractivity contribution is 0.417. The number of aryl methyl sites for hydroxylation is 1. The number of hydrogen-bond acceptors (Lipinski definition) is 5. The van der Waals surface area contributed by atoms with Crippen LogP contribution in [-0.4, -0.2) is 29.7 Å². The van der Waals surface area contributed by atoms with Crippen molar-refractivity contribution in [1.29, 1.82) is 0 Å². The van der Waals surface area contributed by atoms with E-state index < -0.39 is 0 Å². The van der Waals surface area contributed by atoms with Crippen molar-refractivity contribution in [3.05, 3.63) is 35.1 Å². The zero-order valence-corrected chi connectivity index (χ0v) is 15.8. The van der Waals surface area contributed by atoms with Crippen molar-refractivity contribution in [3.8, 4) is 5.75 Å². The highest BCUT2D eigenvalue weighted by atomic mass is 35.5. The Bertz CT molecular complexity index is 737. The minimum Gasteiger partial charge on any atom is -0.495 e. The second-order valence-corrected chi connectivity index (χ2v) is 6.82. The summed E-state index contributed by atoms with van der Waals surface area (Å²) in [4.78, 5) is 11.6. The number of hydrogen-bond donors (Lipinski definition) is 1. The summed E-state index contributed by atoms with van der Waals surface area (Å²) >= 11 is 6.13. The fourth-order valence-electron chi connectivity index (χ4n) is 3.41. The lowest BCUT2D eigenvalue weighted by Crippen LogP contribution is -2.39. The number of halogens is 1. The van der Waals surface area contributed by atoms with Gasteiger partial charge in [-0.3, -0.25) is 0 Å². The number of piperidine rings is 1. The van der Waals surface area contributed by atoms with Gasteiger partial charge in [0, 0.05) is 23.7 Å². The number of benzene rings is 1. The first-order valence-electron chi connectivity index (χ1n) is 8.83. The summed E-state index contributed by atoms with van der Waals surface area (Å²) in [7, 11) is 1.64. The molecule has 1 atom stereocenters. The molecule has 1 aliphatic rings. The van der Waals surface area contributed by atoms with Gasteiger partial charge in [0.15, 0.2) is 0 Å². The number of nitrogens with zero attached hydrogens (tertiary/aromatic N) is 3. The van der Waals surface area contributed by atoms with Gasteiger partial charge >= 0.3 is 0 Å². The van der Waals surface area contributed by atoms with Gasteiger partial charge < -0.3 is 15.0 Å². The summed E-state index contributed by atoms with van der Waals surface area (Å²) in [6.45, 7) is 5.22. The number of anilines is 3. The summed E-state index contributed by atoms with van der Waals surface area (Å²) in [5.74, 6) is 3.22. The summed E-state index contributed by atoms with van der Waals surface area (Å²) in [5, 5.41) is 3.98. The molecule has 1 fully saturated rings. The smallest absolute Gasteiger partial charge is 0.142 e. The molecule has 1 unspecified atom stereocenters. The van der Waals surface area contributed by atoms with Gasteiger partial charge in [0.05, 0.1) is 12.8 Å². The maximum atomic E-state index is 6.13. The molecule has 134 valence electrons. The monoisotopic (exact) mass is 360 g/mol. The first-order valence-corrected chi connectivity index (χ1v) is 9.21. The fourth-order valence-corrected chi connectivity index (χ4v) is 3.58. The van der Waals surface area contributed by atoms with Crippen LogP contribution in [0.2, 0.25) is 5.02 Å². The zero-order valence-electron chi connectivity index (χ0n) is 15.1. The molecule has 0 amide bonds. The molecule has 1 N–H and O–H groups in total. The molecule has 0 aliphatic carbocycles. The van der Waals surface area contributed by atoms with Gasteiger partial charge in [-0.1, -0.05) is 18.5 Å². The Kier molecular flexibility index (Phi) is 5.63. The Morgan fingerprint density at radius 3 is 2.88 bits per heavy atom. The second-order valence-electron chi connectivity index (χ2n) is 6.38. The van der Waals surface area contributed by atoms with E-state index in [0.717, 1.165) is 41.9 Å². The summed E-state index contributed by atoms with van der Waals surface area (Å²) in [6, 6.07) is 8.06. The highest BCUT2D eigenvalue weighted by Crippen LogP contribution is 2.32. The normalized spacial score (nSPS) is 17.4. The molecule has 1 aromatic heterocycles. The first-order chi connectivity index (χ1) is 12.1. The quantitative estimate of drug-likeness (QED) is 0.816. The lowest BCUT2D eigenvalue weighted by atomic mass is 10.00. The van der Waals surface area contributed by atoms with E-state index in [1.165, 1.54) is 19.3 Å². The molecule has 3 rings (SSSR count). The van der Waals surface area contributed by atoms with Crippen LogP contribution in [-0.2, 0) is 0 Å². The van der Waals surface area contributed by atoms with Crippen LogP contribution in [0.4, 0.5) is 17.3 Å². The number of methoxy groups -OCH3 is 1. The standard InChI is InChI=1S/C19H25ClN4O/c1-4-15-7-5-6-10-24(15)19-12-18(21-13(2)22-19)23-16-11-14(20)8-9-17(16)25-3/h8-9,11-12,15H,4-7,10H2,1-3H3,(H,21,22,23). The van der Waals surface area contributed by atoms with Crippen LogP contribution in [0.25, 0.3) is 0 Å². The van der Waals surface area contributed by atoms with E-state index >= 15 is 0 Å². The van der Waals surface area contributed by atoms with Crippen LogP contribution in [0, 0.1) is 6.92 Å². The molecular weight excluding hydrogens is 336 g/mol. The Balaban J connectivity index is 1.91. The van der Waals surface area contributed by atoms with Crippen molar-refractivity contribution >= 4 is 28.9 Å². The predicted molar refractivity (Wildman–Crippen MR) is 103 cm³/mol. The Morgan fingerprint density at radius 2 is 2.12 bits per heavy atom. The van der Waals surface area contributed by atoms with E-state index in [1.54, 1.807) is 7.11 Å². The van der Waals surface area contributed by atoms with Gasteiger partial charge in [-0.2, -0.15) is 0 Å². The molecule has 1 saturated heterocycles. The van der Waals surface area contributed by atoms with Gasteiger partial charge in [0.1, 0.15) is 23.2 Å². The fraction of sp³-hybridized carbons (Fsp3) is 0.474. The topological polar surface area (TPSA) is 50.3 Å². The Labute approximate surface area is 154 Å². The molecule has 1 aliphatic heterocycles. The van der Waals surface area contributed by atoms with Crippen LogP contribution in [0.15, 0.2) is 24.3 Å². The van der Waals surface area contributed by atoms with Crippen LogP contribution in [0.3, 0.4) is 0 Å². The van der Waals surface area contributed by atoms with E-state index in [0.29, 0.717) is 11.1 Å². The minimum absolute atomic E-state index is 0.552. The Morgan fingerprint density at radius 1 is 1.28 bits per heavy atom. The molecule has 1 aromatic carbocycles. The van der Waals surface area contributed by atoms with Gasteiger partial charge in [0.2, 0.25) is 0 Å². The van der Waals surface area contributed by atoms with E-state index in [2.05, 4.69) is 27.1 Å². The SMILES string of the molecule is CCC1CCCCN1c1cc(Nc2cc(Cl)ccc2OC)nc(C)n1. The van der Waals surface area contributed by atoms with Crippen molar-refractivity contribution in [2.24, 2.45) is 0 Å². The molecule has 6 heteroatoms. The van der Waals surface area contributed by atoms with Crippen molar-refractivity contribution in [3.63, 3.8) is 0 Å². The maximum absolute atomic E-state index is 6.13. The van der Waals surface area contributed by atoms with Crippen LogP contribution >= 0.6 is 11.6 Å². The van der Waals surface area contributed by atoms with Gasteiger partial charge in [-0.15, -0.1) is 0 Å².